The van der Waals surface area contributed by atoms with E-state index in [0.29, 0.717) is 11.5 Å². The first-order valence-electron chi connectivity index (χ1n) is 8.97. The number of aliphatic hydroxyl groups excluding tert-OH is 1. The lowest BCUT2D eigenvalue weighted by Gasteiger charge is -2.12. The summed E-state index contributed by atoms with van der Waals surface area (Å²) in [6.45, 7) is 2.24. The Bertz CT molecular complexity index is 1030. The monoisotopic (exact) mass is 549 g/mol. The fourth-order valence-corrected chi connectivity index (χ4v) is 3.50. The maximum atomic E-state index is 14.0. The number of anilines is 1. The number of aliphatic imine (C=N–C) groups is 1. The molecule has 2 rings (SSSR count). The molecule has 4 amide bonds. The second-order valence-electron chi connectivity index (χ2n) is 6.21. The van der Waals surface area contributed by atoms with E-state index in [4.69, 9.17) is 4.74 Å². The minimum absolute atomic E-state index is 0.0803. The van der Waals surface area contributed by atoms with Gasteiger partial charge in [-0.25, -0.2) is 24.0 Å². The van der Waals surface area contributed by atoms with Gasteiger partial charge < -0.3 is 15.2 Å². The molecule has 1 atom stereocenters. The number of nitrogens with one attached hydrogen (secondary N) is 3. The summed E-state index contributed by atoms with van der Waals surface area (Å²) in [6.07, 6.45) is -1.54. The molecule has 1 aromatic carbocycles. The van der Waals surface area contributed by atoms with E-state index in [0.717, 1.165) is 12.1 Å². The van der Waals surface area contributed by atoms with Gasteiger partial charge in [0.05, 0.1) is 25.2 Å². The number of hydroxylamine groups is 1. The van der Waals surface area contributed by atoms with E-state index in [1.165, 1.54) is 7.11 Å². The van der Waals surface area contributed by atoms with Crippen LogP contribution in [-0.2, 0) is 16.2 Å². The molecule has 4 N–H and O–H groups in total. The van der Waals surface area contributed by atoms with Crippen molar-refractivity contribution < 1.29 is 37.8 Å². The molecule has 0 radical (unpaired) electrons. The average molecular weight is 550 g/mol. The number of aromatic nitrogens is 1. The largest absolute Gasteiger partial charge is 0.471 e. The third-order valence-electron chi connectivity index (χ3n) is 3.84. The highest BCUT2D eigenvalue weighted by Gasteiger charge is 2.24. The highest BCUT2D eigenvalue weighted by Crippen LogP contribution is 2.32. The molecule has 0 spiro atoms. The van der Waals surface area contributed by atoms with E-state index in [1.54, 1.807) is 0 Å². The number of hydrogen-bond acceptors (Lipinski definition) is 8. The summed E-state index contributed by atoms with van der Waals surface area (Å²) in [5, 5.41) is 14.3. The zero-order valence-electron chi connectivity index (χ0n) is 17.0. The molecule has 11 nitrogen and oxygen atoms in total. The van der Waals surface area contributed by atoms with Crippen LogP contribution in [0.5, 0.6) is 5.88 Å². The fraction of sp³-hybridized carbons (Fsp3) is 0.278. The van der Waals surface area contributed by atoms with Gasteiger partial charge in [0.15, 0.2) is 0 Å². The average Bonchev–Trinajstić information content (AvgIpc) is 3.13. The molecule has 33 heavy (non-hydrogen) atoms. The van der Waals surface area contributed by atoms with Crippen molar-refractivity contribution in [3.63, 3.8) is 0 Å². The van der Waals surface area contributed by atoms with Crippen LogP contribution in [0.4, 0.5) is 18.6 Å². The summed E-state index contributed by atoms with van der Waals surface area (Å²) >= 11 is 3.62. The number of carbonyl (C=O) groups excluding carboxylic acids is 3. The molecule has 0 saturated carbocycles. The first-order valence-corrected chi connectivity index (χ1v) is 10.5. The van der Waals surface area contributed by atoms with Crippen LogP contribution >= 0.6 is 27.5 Å². The number of ether oxygens (including phenoxy) is 1. The van der Waals surface area contributed by atoms with E-state index >= 15 is 0 Å². The summed E-state index contributed by atoms with van der Waals surface area (Å²) in [5.41, 5.74) is 1.35. The Hall–Kier alpha value is -3.01. The molecule has 15 heteroatoms. The van der Waals surface area contributed by atoms with Gasteiger partial charge in [-0.15, -0.1) is 0 Å². The molecule has 0 fully saturated rings. The SMILES string of the molecule is C=NC(=O)c1c(OCc2c(F)cc(Br)cc2F)nsc1NC(=O)NCC(O)CC(=O)NOC. The maximum Gasteiger partial charge on any atom is 0.320 e. The lowest BCUT2D eigenvalue weighted by molar-refractivity contribution is -0.133. The van der Waals surface area contributed by atoms with Crippen LogP contribution in [-0.4, -0.2) is 53.8 Å². The standard InChI is InChI=1S/C18H18BrF2N5O6S/c1-22-15(29)14-16(32-7-10-11(20)3-8(19)4-12(10)21)26-33-17(14)24-18(30)23-6-9(27)5-13(28)25-31-2/h3-4,9,27H,1,5-7H2,2H3,(H,25,28)(H2,23,24,30). The van der Waals surface area contributed by atoms with E-state index in [-0.39, 0.29) is 33.9 Å². The smallest absolute Gasteiger partial charge is 0.320 e. The van der Waals surface area contributed by atoms with Gasteiger partial charge in [0.25, 0.3) is 5.91 Å². The van der Waals surface area contributed by atoms with Gasteiger partial charge in [-0.1, -0.05) is 15.9 Å². The zero-order valence-corrected chi connectivity index (χ0v) is 19.4. The van der Waals surface area contributed by atoms with E-state index < -0.39 is 47.8 Å². The minimum atomic E-state index is -1.21. The summed E-state index contributed by atoms with van der Waals surface area (Å²) in [4.78, 5) is 43.3. The second kappa shape index (κ2) is 12.3. The molecule has 2 aromatic rings. The van der Waals surface area contributed by atoms with E-state index in [9.17, 15) is 28.3 Å². The van der Waals surface area contributed by atoms with E-state index in [1.807, 2.05) is 5.48 Å². The normalized spacial score (nSPS) is 11.4. The zero-order chi connectivity index (χ0) is 24.5. The molecule has 0 bridgehead atoms. The lowest BCUT2D eigenvalue weighted by Crippen LogP contribution is -2.37. The lowest BCUT2D eigenvalue weighted by atomic mass is 10.2. The number of amides is 4. The first kappa shape index (κ1) is 26.2. The molecule has 0 saturated heterocycles. The third kappa shape index (κ3) is 7.52. The molecule has 178 valence electrons. The van der Waals surface area contributed by atoms with Crippen molar-refractivity contribution in [1.29, 1.82) is 0 Å². The Labute approximate surface area is 198 Å². The van der Waals surface area contributed by atoms with Gasteiger partial charge in [0.1, 0.15) is 28.8 Å². The molecule has 0 aliphatic heterocycles. The van der Waals surface area contributed by atoms with Crippen LogP contribution in [0.3, 0.4) is 0 Å². The Morgan fingerprint density at radius 1 is 1.33 bits per heavy atom. The van der Waals surface area contributed by atoms with Crippen molar-refractivity contribution in [2.45, 2.75) is 19.1 Å². The van der Waals surface area contributed by atoms with Crippen LogP contribution in [0.1, 0.15) is 22.3 Å². The molecule has 0 aliphatic carbocycles. The molecule has 1 unspecified atom stereocenters. The number of hydrogen-bond donors (Lipinski definition) is 4. The van der Waals surface area contributed by atoms with Crippen molar-refractivity contribution in [2.24, 2.45) is 4.99 Å². The summed E-state index contributed by atoms with van der Waals surface area (Å²) in [6, 6.07) is 1.26. The van der Waals surface area contributed by atoms with Crippen LogP contribution in [0.2, 0.25) is 0 Å². The highest BCUT2D eigenvalue weighted by atomic mass is 79.9. The number of urea groups is 1. The van der Waals surface area contributed by atoms with Gasteiger partial charge in [0.2, 0.25) is 11.8 Å². The number of aliphatic hydroxyl groups is 1. The van der Waals surface area contributed by atoms with Crippen LogP contribution in [0.15, 0.2) is 21.6 Å². The van der Waals surface area contributed by atoms with Crippen molar-refractivity contribution in [3.8, 4) is 5.88 Å². The van der Waals surface area contributed by atoms with Crippen molar-refractivity contribution in [3.05, 3.63) is 39.4 Å². The quantitative estimate of drug-likeness (QED) is 0.262. The molecule has 0 aliphatic rings. The van der Waals surface area contributed by atoms with E-state index in [2.05, 4.69) is 47.5 Å². The van der Waals surface area contributed by atoms with Gasteiger partial charge in [0, 0.05) is 11.0 Å². The van der Waals surface area contributed by atoms with Crippen molar-refractivity contribution in [2.75, 3.05) is 19.0 Å². The highest BCUT2D eigenvalue weighted by molar-refractivity contribution is 9.10. The van der Waals surface area contributed by atoms with Gasteiger partial charge in [-0.05, 0) is 30.4 Å². The number of benzene rings is 1. The predicted octanol–water partition coefficient (Wildman–Crippen LogP) is 2.15. The summed E-state index contributed by atoms with van der Waals surface area (Å²) < 4.78 is 37.4. The van der Waals surface area contributed by atoms with Crippen molar-refractivity contribution >= 4 is 57.0 Å². The molecular weight excluding hydrogens is 532 g/mol. The van der Waals surface area contributed by atoms with Crippen LogP contribution < -0.4 is 20.9 Å². The Kier molecular flexibility index (Phi) is 9.77. The topological polar surface area (TPSA) is 151 Å². The van der Waals surface area contributed by atoms with Gasteiger partial charge in [-0.2, -0.15) is 4.37 Å². The minimum Gasteiger partial charge on any atom is -0.471 e. The summed E-state index contributed by atoms with van der Waals surface area (Å²) in [5.74, 6) is -3.56. The maximum absolute atomic E-state index is 14.0. The number of nitrogens with zero attached hydrogens (tertiary/aromatic N) is 2. The second-order valence-corrected chi connectivity index (χ2v) is 7.90. The predicted molar refractivity (Wildman–Crippen MR) is 117 cm³/mol. The number of halogens is 3. The fourth-order valence-electron chi connectivity index (χ4n) is 2.38. The van der Waals surface area contributed by atoms with Crippen LogP contribution in [0.25, 0.3) is 0 Å². The number of rotatable bonds is 10. The Morgan fingerprint density at radius 2 is 2.00 bits per heavy atom. The number of carbonyl (C=O) groups is 3. The molecular formula is C18H18BrF2N5O6S. The van der Waals surface area contributed by atoms with Crippen LogP contribution in [0, 0.1) is 11.6 Å². The Balaban J connectivity index is 2.07. The Morgan fingerprint density at radius 3 is 2.61 bits per heavy atom. The van der Waals surface area contributed by atoms with Crippen molar-refractivity contribution in [1.82, 2.24) is 15.2 Å². The third-order valence-corrected chi connectivity index (χ3v) is 5.04. The summed E-state index contributed by atoms with van der Waals surface area (Å²) in [7, 11) is 1.23. The van der Waals surface area contributed by atoms with Gasteiger partial charge >= 0.3 is 6.03 Å². The van der Waals surface area contributed by atoms with Gasteiger partial charge in [-0.3, -0.25) is 19.7 Å². The molecule has 1 heterocycles. The molecule has 1 aromatic heterocycles. The first-order chi connectivity index (χ1) is 15.7.